The molecule has 394 valence electrons. The van der Waals surface area contributed by atoms with Crippen LogP contribution in [0.15, 0.2) is 0 Å². The molecule has 5 heteroatoms. The Morgan fingerprint density at radius 2 is 0.453 bits per heavy atom. The molecule has 0 unspecified atom stereocenters. The van der Waals surface area contributed by atoms with Crippen molar-refractivity contribution in [3.05, 3.63) is 0 Å². The Morgan fingerprint density at radius 1 is 0.250 bits per heavy atom. The third-order valence-corrected chi connectivity index (χ3v) is 12.2. The molecule has 0 radical (unpaired) electrons. The van der Waals surface area contributed by atoms with E-state index in [2.05, 4.69) is 90.2 Å². The molecule has 0 atom stereocenters. The van der Waals surface area contributed by atoms with Gasteiger partial charge in [-0.15, -0.1) is 0 Å². The highest BCUT2D eigenvalue weighted by molar-refractivity contribution is 4.55. The Labute approximate surface area is 410 Å². The second-order valence-electron chi connectivity index (χ2n) is 19.2. The van der Waals surface area contributed by atoms with Crippen LogP contribution in [0.5, 0.6) is 0 Å². The summed E-state index contributed by atoms with van der Waals surface area (Å²) in [6, 6.07) is 0. The van der Waals surface area contributed by atoms with E-state index in [9.17, 15) is 0 Å². The molecule has 0 spiro atoms. The Balaban J connectivity index is -0.000000231. The number of hydrogen-bond donors (Lipinski definition) is 4. The molecular weight excluding hydrogens is 779 g/mol. The molecule has 0 saturated heterocycles. The molecule has 0 rings (SSSR count). The molecule has 0 aliphatic rings. The van der Waals surface area contributed by atoms with Crippen LogP contribution in [-0.2, 0) is 0 Å². The minimum absolute atomic E-state index is 0.867. The van der Waals surface area contributed by atoms with E-state index in [0.717, 1.165) is 19.6 Å². The zero-order valence-corrected chi connectivity index (χ0v) is 47.2. The van der Waals surface area contributed by atoms with Gasteiger partial charge in [-0.2, -0.15) is 0 Å². The van der Waals surface area contributed by atoms with E-state index in [-0.39, 0.29) is 0 Å². The molecule has 0 amide bonds. The molecule has 0 aromatic rings. The average molecular weight is 913 g/mol. The Hall–Kier alpha value is -0.200. The van der Waals surface area contributed by atoms with Gasteiger partial charge in [-0.3, -0.25) is 0 Å². The summed E-state index contributed by atoms with van der Waals surface area (Å²) >= 11 is 0. The number of unbranched alkanes of at least 4 members (excludes halogenated alkanes) is 33. The van der Waals surface area contributed by atoms with Crippen LogP contribution in [0.3, 0.4) is 0 Å². The van der Waals surface area contributed by atoms with Crippen molar-refractivity contribution in [1.82, 2.24) is 20.9 Å². The number of nitrogens with zero attached hydrogens (tertiary/aromatic N) is 1. The van der Waals surface area contributed by atoms with Gasteiger partial charge in [0.15, 0.2) is 0 Å². The van der Waals surface area contributed by atoms with E-state index in [1.807, 2.05) is 0 Å². The molecule has 0 aliphatic heterocycles. The first-order valence-corrected chi connectivity index (χ1v) is 30.0. The minimum atomic E-state index is 0.867. The van der Waals surface area contributed by atoms with Gasteiger partial charge in [0, 0.05) is 0 Å². The maximum atomic E-state index is 5.34. The number of nitrogens with two attached hydrogens (primary N) is 1. The molecule has 0 aliphatic carbocycles. The average Bonchev–Trinajstić information content (AvgIpc) is 3.31. The van der Waals surface area contributed by atoms with Crippen molar-refractivity contribution in [1.29, 1.82) is 0 Å². The van der Waals surface area contributed by atoms with Gasteiger partial charge >= 0.3 is 0 Å². The van der Waals surface area contributed by atoms with Crippen LogP contribution >= 0.6 is 0 Å². The van der Waals surface area contributed by atoms with Crippen LogP contribution in [0.2, 0.25) is 0 Å². The van der Waals surface area contributed by atoms with Crippen molar-refractivity contribution in [2.24, 2.45) is 5.73 Å². The van der Waals surface area contributed by atoms with Gasteiger partial charge in [-0.1, -0.05) is 274 Å². The van der Waals surface area contributed by atoms with Crippen LogP contribution in [0.25, 0.3) is 0 Å². The standard InChI is InChI=1S/C16H35N.C15H33N.2C10H23N.C8H19N/c1-4-6-8-10-12-14-16-17(3)15-13-11-9-7-5-2;1-3-5-7-9-11-13-15-16-14-12-10-8-6-4-2;2*1-3-5-6-7-8-9-10-11-4-2;1-2-3-4-5-6-7-8-9/h4-16H2,1-3H3;16H,3-15H2,1-2H3;2*11H,3-10H2,1-2H3;2-9H2,1H3. The number of rotatable bonds is 48. The zero-order chi connectivity index (χ0) is 48.3. The van der Waals surface area contributed by atoms with Crippen LogP contribution in [-0.4, -0.2) is 70.9 Å². The van der Waals surface area contributed by atoms with E-state index in [1.165, 1.54) is 296 Å². The fourth-order valence-electron chi connectivity index (χ4n) is 7.61. The van der Waals surface area contributed by atoms with Crippen molar-refractivity contribution in [2.45, 2.75) is 319 Å². The molecule has 0 aromatic carbocycles. The third-order valence-electron chi connectivity index (χ3n) is 12.2. The lowest BCUT2D eigenvalue weighted by Crippen LogP contribution is -2.20. The Morgan fingerprint density at radius 3 is 0.688 bits per heavy atom. The molecule has 0 saturated carbocycles. The first-order chi connectivity index (χ1) is 31.5. The van der Waals surface area contributed by atoms with Gasteiger partial charge in [0.1, 0.15) is 0 Å². The number of nitrogens with one attached hydrogen (secondary N) is 3. The van der Waals surface area contributed by atoms with E-state index in [0.29, 0.717) is 0 Å². The van der Waals surface area contributed by atoms with E-state index in [4.69, 9.17) is 5.73 Å². The fourth-order valence-corrected chi connectivity index (χ4v) is 7.61. The van der Waals surface area contributed by atoms with Crippen LogP contribution in [0.1, 0.15) is 319 Å². The maximum absolute atomic E-state index is 5.34. The summed E-state index contributed by atoms with van der Waals surface area (Å²) in [6.45, 7) is 30.8. The molecule has 64 heavy (non-hydrogen) atoms. The predicted octanol–water partition coefficient (Wildman–Crippen LogP) is 18.4. The number of hydrogen-bond acceptors (Lipinski definition) is 5. The highest BCUT2D eigenvalue weighted by atomic mass is 15.1. The van der Waals surface area contributed by atoms with Gasteiger partial charge in [-0.25, -0.2) is 0 Å². The molecular formula is C59H133N5. The predicted molar refractivity (Wildman–Crippen MR) is 301 cm³/mol. The van der Waals surface area contributed by atoms with Crippen molar-refractivity contribution in [3.63, 3.8) is 0 Å². The summed E-state index contributed by atoms with van der Waals surface area (Å²) < 4.78 is 0. The first kappa shape index (κ1) is 72.8. The lowest BCUT2D eigenvalue weighted by Gasteiger charge is -2.16. The summed E-state index contributed by atoms with van der Waals surface area (Å²) in [5, 5.41) is 10.2. The quantitative estimate of drug-likeness (QED) is 0.0458. The molecule has 0 fully saturated rings. The van der Waals surface area contributed by atoms with Crippen molar-refractivity contribution < 1.29 is 0 Å². The van der Waals surface area contributed by atoms with Crippen molar-refractivity contribution in [3.8, 4) is 0 Å². The maximum Gasteiger partial charge on any atom is -0.00218 e. The topological polar surface area (TPSA) is 65.3 Å². The van der Waals surface area contributed by atoms with Gasteiger partial charge in [0.05, 0.1) is 0 Å². The lowest BCUT2D eigenvalue weighted by atomic mass is 10.1. The van der Waals surface area contributed by atoms with Gasteiger partial charge in [0.25, 0.3) is 0 Å². The Bertz CT molecular complexity index is 607. The summed E-state index contributed by atoms with van der Waals surface area (Å²) in [6.07, 6.45) is 55.8. The van der Waals surface area contributed by atoms with Crippen molar-refractivity contribution in [2.75, 3.05) is 66.0 Å². The molecule has 5 N–H and O–H groups in total. The Kier molecular flexibility index (Phi) is 90.8. The van der Waals surface area contributed by atoms with Crippen molar-refractivity contribution >= 4 is 0 Å². The van der Waals surface area contributed by atoms with Gasteiger partial charge < -0.3 is 26.6 Å². The summed E-state index contributed by atoms with van der Waals surface area (Å²) in [5.74, 6) is 0. The van der Waals surface area contributed by atoms with E-state index in [1.54, 1.807) is 0 Å². The largest absolute Gasteiger partial charge is 0.330 e. The second kappa shape index (κ2) is 79.9. The molecule has 0 bridgehead atoms. The fraction of sp³-hybridized carbons (Fsp3) is 1.00. The summed E-state index contributed by atoms with van der Waals surface area (Å²) in [5.41, 5.74) is 5.34. The second-order valence-corrected chi connectivity index (χ2v) is 19.2. The van der Waals surface area contributed by atoms with Crippen LogP contribution in [0, 0.1) is 0 Å². The highest BCUT2D eigenvalue weighted by Crippen LogP contribution is 2.09. The van der Waals surface area contributed by atoms with E-state index >= 15 is 0 Å². The first-order valence-electron chi connectivity index (χ1n) is 30.0. The van der Waals surface area contributed by atoms with E-state index < -0.39 is 0 Å². The smallest absolute Gasteiger partial charge is 0.00218 e. The van der Waals surface area contributed by atoms with Gasteiger partial charge in [-0.05, 0) is 111 Å². The summed E-state index contributed by atoms with van der Waals surface area (Å²) in [4.78, 5) is 2.52. The van der Waals surface area contributed by atoms with Crippen LogP contribution < -0.4 is 21.7 Å². The normalized spacial score (nSPS) is 10.7. The monoisotopic (exact) mass is 912 g/mol. The minimum Gasteiger partial charge on any atom is -0.330 e. The zero-order valence-electron chi connectivity index (χ0n) is 47.2. The SMILES string of the molecule is CCCCCCCCN.CCCCCCCCN(C)CCCCCCC.CCCCCCCCNCC.CCCCCCCCNCC.CCCCCCCCNCCCCCCC. The molecule has 0 aromatic heterocycles. The molecule has 5 nitrogen and oxygen atoms in total. The van der Waals surface area contributed by atoms with Gasteiger partial charge in [0.2, 0.25) is 0 Å². The lowest BCUT2D eigenvalue weighted by molar-refractivity contribution is 0.314. The molecule has 0 heterocycles. The highest BCUT2D eigenvalue weighted by Gasteiger charge is 1.99. The third kappa shape index (κ3) is 92.1. The van der Waals surface area contributed by atoms with Crippen LogP contribution in [0.4, 0.5) is 0 Å². The summed E-state index contributed by atoms with van der Waals surface area (Å²) in [7, 11) is 2.28.